The molecule has 0 radical (unpaired) electrons. The minimum atomic E-state index is -0.865. The van der Waals surface area contributed by atoms with Crippen LogP contribution < -0.4 is 18.9 Å². The zero-order chi connectivity index (χ0) is 25.7. The molecule has 3 rings (SSSR count). The van der Waals surface area contributed by atoms with Crippen molar-refractivity contribution in [2.75, 3.05) is 55.6 Å². The molecule has 1 N–H and O–H groups in total. The highest BCUT2D eigenvalue weighted by Gasteiger charge is 2.46. The average molecular weight is 485 g/mol. The van der Waals surface area contributed by atoms with E-state index in [1.54, 1.807) is 36.4 Å². The minimum absolute atomic E-state index is 0.0290. The highest BCUT2D eigenvalue weighted by atomic mass is 16.5. The van der Waals surface area contributed by atoms with Crippen LogP contribution in [-0.4, -0.2) is 82.2 Å². The summed E-state index contributed by atoms with van der Waals surface area (Å²) in [7, 11) is 9.82. The Bertz CT molecular complexity index is 1100. The van der Waals surface area contributed by atoms with Crippen LogP contribution in [0.2, 0.25) is 0 Å². The fraction of sp³-hybridized carbons (Fsp3) is 0.385. The van der Waals surface area contributed by atoms with E-state index in [2.05, 4.69) is 0 Å². The van der Waals surface area contributed by atoms with Crippen LogP contribution in [0, 0.1) is 0 Å². The molecule has 9 heteroatoms. The number of ketones is 1. The summed E-state index contributed by atoms with van der Waals surface area (Å²) >= 11 is 0. The molecule has 1 heterocycles. The minimum Gasteiger partial charge on any atom is -0.507 e. The Hall–Kier alpha value is -3.72. The Morgan fingerprint density at radius 1 is 0.943 bits per heavy atom. The molecule has 0 saturated carbocycles. The van der Waals surface area contributed by atoms with Crippen LogP contribution in [0.5, 0.6) is 23.0 Å². The Balaban J connectivity index is 2.25. The van der Waals surface area contributed by atoms with Crippen molar-refractivity contribution in [1.29, 1.82) is 0 Å². The van der Waals surface area contributed by atoms with Gasteiger partial charge in [-0.15, -0.1) is 0 Å². The fourth-order valence-electron chi connectivity index (χ4n) is 4.26. The van der Waals surface area contributed by atoms with E-state index in [0.29, 0.717) is 47.1 Å². The van der Waals surface area contributed by atoms with Gasteiger partial charge in [0.05, 0.1) is 45.6 Å². The molecule has 0 bridgehead atoms. The number of aliphatic hydroxyl groups excluding tert-OH is 1. The first-order valence-electron chi connectivity index (χ1n) is 11.1. The Kier molecular flexibility index (Phi) is 8.24. The number of aliphatic hydroxyl groups is 1. The number of Topliss-reactive ketones (excluding diaryl/α,β-unsaturated/α-hetero) is 1. The van der Waals surface area contributed by atoms with Gasteiger partial charge < -0.3 is 33.9 Å². The average Bonchev–Trinajstić information content (AvgIpc) is 3.12. The first-order valence-corrected chi connectivity index (χ1v) is 11.1. The number of rotatable bonds is 10. The van der Waals surface area contributed by atoms with Crippen LogP contribution in [0.25, 0.3) is 5.76 Å². The molecule has 0 spiro atoms. The van der Waals surface area contributed by atoms with Gasteiger partial charge in [-0.1, -0.05) is 12.1 Å². The van der Waals surface area contributed by atoms with E-state index < -0.39 is 17.7 Å². The summed E-state index contributed by atoms with van der Waals surface area (Å²) < 4.78 is 21.8. The first-order chi connectivity index (χ1) is 16.8. The normalized spacial score (nSPS) is 17.1. The third-order valence-corrected chi connectivity index (χ3v) is 5.91. The van der Waals surface area contributed by atoms with Crippen molar-refractivity contribution in [3.63, 3.8) is 0 Å². The number of methoxy groups -OCH3 is 4. The Morgan fingerprint density at radius 2 is 1.54 bits per heavy atom. The second-order valence-corrected chi connectivity index (χ2v) is 8.31. The van der Waals surface area contributed by atoms with Gasteiger partial charge >= 0.3 is 0 Å². The summed E-state index contributed by atoms with van der Waals surface area (Å²) in [5.74, 6) is -0.248. The van der Waals surface area contributed by atoms with E-state index in [9.17, 15) is 14.7 Å². The lowest BCUT2D eigenvalue weighted by atomic mass is 9.94. The standard InChI is InChI=1S/C26H32N2O7/c1-27(2)12-9-13-28-22(16-14-19(33-4)25(35-6)20(15-16)34-5)21(24(30)26(28)31)23(29)17-10-7-8-11-18(17)32-3/h7-8,10-11,14-15,22,29H,9,12-13H2,1-6H3/b23-21+. The van der Waals surface area contributed by atoms with Gasteiger partial charge in [-0.3, -0.25) is 9.59 Å². The summed E-state index contributed by atoms with van der Waals surface area (Å²) in [4.78, 5) is 30.0. The van der Waals surface area contributed by atoms with Gasteiger partial charge in [0.2, 0.25) is 5.75 Å². The summed E-state index contributed by atoms with van der Waals surface area (Å²) in [6, 6.07) is 9.30. The molecule has 1 aliphatic heterocycles. The molecule has 2 aromatic rings. The SMILES string of the molecule is COc1ccccc1/C(O)=C1\C(=O)C(=O)N(CCCN(C)C)C1c1cc(OC)c(OC)c(OC)c1. The molecule has 1 fully saturated rings. The third-order valence-electron chi connectivity index (χ3n) is 5.91. The number of hydrogen-bond acceptors (Lipinski definition) is 8. The highest BCUT2D eigenvalue weighted by Crippen LogP contribution is 2.46. The van der Waals surface area contributed by atoms with E-state index >= 15 is 0 Å². The number of likely N-dealkylation sites (tertiary alicyclic amines) is 1. The quantitative estimate of drug-likeness (QED) is 0.312. The maximum atomic E-state index is 13.3. The maximum Gasteiger partial charge on any atom is 0.295 e. The lowest BCUT2D eigenvalue weighted by molar-refractivity contribution is -0.139. The smallest absolute Gasteiger partial charge is 0.295 e. The summed E-state index contributed by atoms with van der Waals surface area (Å²) in [6.07, 6.45) is 0.635. The molecule has 0 aromatic heterocycles. The van der Waals surface area contributed by atoms with Crippen LogP contribution in [0.3, 0.4) is 0 Å². The van der Waals surface area contributed by atoms with Crippen molar-refractivity contribution in [3.05, 3.63) is 53.1 Å². The van der Waals surface area contributed by atoms with Crippen LogP contribution in [-0.2, 0) is 9.59 Å². The number of benzene rings is 2. The topological polar surface area (TPSA) is 97.8 Å². The number of amides is 1. The molecule has 1 aliphatic rings. The van der Waals surface area contributed by atoms with Gasteiger partial charge in [0.15, 0.2) is 11.5 Å². The fourth-order valence-corrected chi connectivity index (χ4v) is 4.26. The molecule has 1 amide bonds. The number of hydrogen-bond donors (Lipinski definition) is 1. The van der Waals surface area contributed by atoms with Crippen molar-refractivity contribution in [3.8, 4) is 23.0 Å². The van der Waals surface area contributed by atoms with Gasteiger partial charge in [0.1, 0.15) is 11.5 Å². The summed E-state index contributed by atoms with van der Waals surface area (Å²) in [5.41, 5.74) is 0.831. The predicted octanol–water partition coefficient (Wildman–Crippen LogP) is 3.09. The number of carbonyl (C=O) groups excluding carboxylic acids is 2. The van der Waals surface area contributed by atoms with E-state index in [1.807, 2.05) is 19.0 Å². The monoisotopic (exact) mass is 484 g/mol. The lowest BCUT2D eigenvalue weighted by Gasteiger charge is -2.27. The van der Waals surface area contributed by atoms with Crippen molar-refractivity contribution in [1.82, 2.24) is 9.80 Å². The molecule has 35 heavy (non-hydrogen) atoms. The summed E-state index contributed by atoms with van der Waals surface area (Å²) in [6.45, 7) is 1.03. The van der Waals surface area contributed by atoms with Crippen molar-refractivity contribution in [2.24, 2.45) is 0 Å². The molecule has 1 unspecified atom stereocenters. The van der Waals surface area contributed by atoms with E-state index in [1.165, 1.54) is 33.3 Å². The van der Waals surface area contributed by atoms with Crippen LogP contribution in [0.1, 0.15) is 23.6 Å². The van der Waals surface area contributed by atoms with Crippen molar-refractivity contribution in [2.45, 2.75) is 12.5 Å². The molecule has 1 saturated heterocycles. The number of carbonyl (C=O) groups is 2. The molecule has 188 valence electrons. The van der Waals surface area contributed by atoms with Gasteiger partial charge in [-0.25, -0.2) is 0 Å². The second kappa shape index (κ2) is 11.1. The van der Waals surface area contributed by atoms with E-state index in [4.69, 9.17) is 18.9 Å². The molecule has 9 nitrogen and oxygen atoms in total. The predicted molar refractivity (Wildman–Crippen MR) is 131 cm³/mol. The van der Waals surface area contributed by atoms with Crippen molar-refractivity contribution < 1.29 is 33.6 Å². The molecule has 1 atom stereocenters. The van der Waals surface area contributed by atoms with Gasteiger partial charge in [-0.2, -0.15) is 0 Å². The largest absolute Gasteiger partial charge is 0.507 e. The zero-order valence-corrected chi connectivity index (χ0v) is 21.0. The number of ether oxygens (including phenoxy) is 4. The van der Waals surface area contributed by atoms with E-state index in [0.717, 1.165) is 6.54 Å². The van der Waals surface area contributed by atoms with Gasteiger partial charge in [-0.05, 0) is 56.9 Å². The van der Waals surface area contributed by atoms with Crippen LogP contribution in [0.4, 0.5) is 0 Å². The van der Waals surface area contributed by atoms with Crippen LogP contribution in [0.15, 0.2) is 42.0 Å². The second-order valence-electron chi connectivity index (χ2n) is 8.31. The highest BCUT2D eigenvalue weighted by molar-refractivity contribution is 6.46. The third kappa shape index (κ3) is 5.05. The number of nitrogens with zero attached hydrogens (tertiary/aromatic N) is 2. The van der Waals surface area contributed by atoms with E-state index in [-0.39, 0.29) is 11.3 Å². The van der Waals surface area contributed by atoms with Crippen LogP contribution >= 0.6 is 0 Å². The Labute approximate surface area is 205 Å². The molecular formula is C26H32N2O7. The zero-order valence-electron chi connectivity index (χ0n) is 21.0. The molecule has 2 aromatic carbocycles. The lowest BCUT2D eigenvalue weighted by Crippen LogP contribution is -2.32. The maximum absolute atomic E-state index is 13.3. The number of para-hydroxylation sites is 1. The Morgan fingerprint density at radius 3 is 2.09 bits per heavy atom. The first kappa shape index (κ1) is 25.9. The molecule has 0 aliphatic carbocycles. The van der Waals surface area contributed by atoms with Crippen molar-refractivity contribution >= 4 is 17.4 Å². The van der Waals surface area contributed by atoms with Gasteiger partial charge in [0.25, 0.3) is 11.7 Å². The molecular weight excluding hydrogens is 452 g/mol. The van der Waals surface area contributed by atoms with Gasteiger partial charge in [0, 0.05) is 6.54 Å². The summed E-state index contributed by atoms with van der Waals surface area (Å²) in [5, 5.41) is 11.3.